The summed E-state index contributed by atoms with van der Waals surface area (Å²) in [6.45, 7) is 0.810. The van der Waals surface area contributed by atoms with Gasteiger partial charge in [0.05, 0.1) is 0 Å². The zero-order valence-corrected chi connectivity index (χ0v) is 9.87. The summed E-state index contributed by atoms with van der Waals surface area (Å²) in [6, 6.07) is 0.790. The fourth-order valence-corrected chi connectivity index (χ4v) is 2.80. The van der Waals surface area contributed by atoms with Gasteiger partial charge in [0, 0.05) is 41.0 Å². The monoisotopic (exact) mass is 208 g/mol. The van der Waals surface area contributed by atoms with Gasteiger partial charge in [-0.05, 0) is 6.42 Å². The molecule has 0 unspecified atom stereocenters. The van der Waals surface area contributed by atoms with Crippen molar-refractivity contribution in [3.63, 3.8) is 0 Å². The normalized spacial score (nSPS) is 12.5. The maximum atomic E-state index is 5.47. The van der Waals surface area contributed by atoms with Gasteiger partial charge < -0.3 is 13.3 Å². The molecule has 0 aliphatic rings. The van der Waals surface area contributed by atoms with Crippen LogP contribution < -0.4 is 5.84 Å². The molecule has 0 saturated carbocycles. The van der Waals surface area contributed by atoms with E-state index in [0.717, 1.165) is 19.0 Å². The lowest BCUT2D eigenvalue weighted by molar-refractivity contribution is 0.122. The van der Waals surface area contributed by atoms with E-state index in [1.807, 2.05) is 7.05 Å². The molecule has 13 heavy (non-hydrogen) atoms. The highest BCUT2D eigenvalue weighted by atomic mass is 28.4. The molecule has 80 valence electrons. The summed E-state index contributed by atoms with van der Waals surface area (Å²) in [7, 11) is 4.31. The smallest absolute Gasteiger partial charge is 0.377 e. The van der Waals surface area contributed by atoms with Gasteiger partial charge in [-0.3, -0.25) is 10.9 Å². The topological polar surface area (TPSA) is 57.0 Å². The Bertz CT molecular complexity index is 123. The molecule has 0 amide bonds. The SMILES string of the molecule is CO[Si](CCCN(C)N)(OC)OC. The zero-order valence-electron chi connectivity index (χ0n) is 8.87. The number of hydrazine groups is 1. The number of nitrogens with two attached hydrogens (primary N) is 1. The van der Waals surface area contributed by atoms with E-state index < -0.39 is 8.80 Å². The first-order valence-electron chi connectivity index (χ1n) is 4.21. The third-order valence-electron chi connectivity index (χ3n) is 1.93. The van der Waals surface area contributed by atoms with Crippen LogP contribution >= 0.6 is 0 Å². The number of hydrogen-bond donors (Lipinski definition) is 1. The molecule has 0 rings (SSSR count). The van der Waals surface area contributed by atoms with Gasteiger partial charge in [0.2, 0.25) is 0 Å². The molecule has 0 atom stereocenters. The van der Waals surface area contributed by atoms with Crippen LogP contribution in [0.1, 0.15) is 6.42 Å². The Morgan fingerprint density at radius 1 is 1.15 bits per heavy atom. The molecule has 0 spiro atoms. The summed E-state index contributed by atoms with van der Waals surface area (Å²) in [5, 5.41) is 1.64. The van der Waals surface area contributed by atoms with Crippen molar-refractivity contribution in [1.82, 2.24) is 5.01 Å². The minimum Gasteiger partial charge on any atom is -0.377 e. The van der Waals surface area contributed by atoms with Crippen LogP contribution in [0.3, 0.4) is 0 Å². The van der Waals surface area contributed by atoms with E-state index in [1.54, 1.807) is 26.3 Å². The summed E-state index contributed by atoms with van der Waals surface area (Å²) >= 11 is 0. The van der Waals surface area contributed by atoms with Crippen LogP contribution in [-0.2, 0) is 13.3 Å². The van der Waals surface area contributed by atoms with Gasteiger partial charge in [-0.1, -0.05) is 0 Å². The van der Waals surface area contributed by atoms with Gasteiger partial charge in [-0.2, -0.15) is 0 Å². The minimum absolute atomic E-state index is 0.790. The van der Waals surface area contributed by atoms with Crippen molar-refractivity contribution in [1.29, 1.82) is 0 Å². The Kier molecular flexibility index (Phi) is 6.48. The molecular weight excluding hydrogens is 188 g/mol. The highest BCUT2D eigenvalue weighted by Gasteiger charge is 2.36. The first-order valence-corrected chi connectivity index (χ1v) is 6.14. The Labute approximate surface area is 81.1 Å². The van der Waals surface area contributed by atoms with Crippen molar-refractivity contribution in [2.24, 2.45) is 5.84 Å². The Hall–Kier alpha value is 0.0169. The third-order valence-corrected chi connectivity index (χ3v) is 4.76. The van der Waals surface area contributed by atoms with Crippen LogP contribution in [0.15, 0.2) is 0 Å². The van der Waals surface area contributed by atoms with Crippen molar-refractivity contribution in [3.05, 3.63) is 0 Å². The molecular formula is C7H20N2O3Si. The lowest BCUT2D eigenvalue weighted by atomic mass is 10.5. The van der Waals surface area contributed by atoms with E-state index in [2.05, 4.69) is 0 Å². The maximum absolute atomic E-state index is 5.47. The quantitative estimate of drug-likeness (QED) is 0.364. The molecule has 0 heterocycles. The zero-order chi connectivity index (χ0) is 10.3. The van der Waals surface area contributed by atoms with Crippen molar-refractivity contribution in [3.8, 4) is 0 Å². The van der Waals surface area contributed by atoms with Gasteiger partial charge in [0.15, 0.2) is 0 Å². The summed E-state index contributed by atoms with van der Waals surface area (Å²) in [5.41, 5.74) is 0. The molecule has 0 radical (unpaired) electrons. The summed E-state index contributed by atoms with van der Waals surface area (Å²) in [4.78, 5) is 0. The Morgan fingerprint density at radius 2 is 1.62 bits per heavy atom. The lowest BCUT2D eigenvalue weighted by Gasteiger charge is -2.24. The Balaban J connectivity index is 3.81. The van der Waals surface area contributed by atoms with Crippen molar-refractivity contribution < 1.29 is 13.3 Å². The molecule has 6 heteroatoms. The van der Waals surface area contributed by atoms with E-state index in [1.165, 1.54) is 0 Å². The number of hydrogen-bond acceptors (Lipinski definition) is 5. The largest absolute Gasteiger partial charge is 0.500 e. The van der Waals surface area contributed by atoms with Gasteiger partial charge in [-0.15, -0.1) is 0 Å². The van der Waals surface area contributed by atoms with Crippen LogP contribution in [0.5, 0.6) is 0 Å². The fraction of sp³-hybridized carbons (Fsp3) is 1.00. The number of rotatable bonds is 7. The lowest BCUT2D eigenvalue weighted by Crippen LogP contribution is -2.43. The van der Waals surface area contributed by atoms with E-state index in [4.69, 9.17) is 19.1 Å². The van der Waals surface area contributed by atoms with E-state index in [0.29, 0.717) is 0 Å². The molecule has 0 saturated heterocycles. The van der Waals surface area contributed by atoms with Gasteiger partial charge in [0.25, 0.3) is 0 Å². The average Bonchev–Trinajstić information content (AvgIpc) is 2.13. The first-order chi connectivity index (χ1) is 6.10. The summed E-state index contributed by atoms with van der Waals surface area (Å²) < 4.78 is 15.8. The van der Waals surface area contributed by atoms with Gasteiger partial charge in [-0.25, -0.2) is 0 Å². The molecule has 0 aromatic rings. The van der Waals surface area contributed by atoms with Crippen molar-refractivity contribution in [2.75, 3.05) is 34.9 Å². The second-order valence-corrected chi connectivity index (χ2v) is 5.97. The van der Waals surface area contributed by atoms with Crippen molar-refractivity contribution >= 4 is 8.80 Å². The van der Waals surface area contributed by atoms with E-state index in [-0.39, 0.29) is 0 Å². The summed E-state index contributed by atoms with van der Waals surface area (Å²) in [6.07, 6.45) is 0.911. The maximum Gasteiger partial charge on any atom is 0.500 e. The third kappa shape index (κ3) is 4.70. The first kappa shape index (κ1) is 13.0. The summed E-state index contributed by atoms with van der Waals surface area (Å²) in [5.74, 6) is 5.47. The predicted molar refractivity (Wildman–Crippen MR) is 53.0 cm³/mol. The molecule has 0 bridgehead atoms. The number of nitrogens with zero attached hydrogens (tertiary/aromatic N) is 1. The van der Waals surface area contributed by atoms with Crippen LogP contribution in [0.2, 0.25) is 6.04 Å². The van der Waals surface area contributed by atoms with Crippen LogP contribution in [0.25, 0.3) is 0 Å². The highest BCUT2D eigenvalue weighted by molar-refractivity contribution is 6.60. The molecule has 0 aliphatic heterocycles. The van der Waals surface area contributed by atoms with Gasteiger partial charge >= 0.3 is 8.80 Å². The average molecular weight is 208 g/mol. The molecule has 2 N–H and O–H groups in total. The second-order valence-electron chi connectivity index (χ2n) is 2.88. The Morgan fingerprint density at radius 3 is 1.92 bits per heavy atom. The van der Waals surface area contributed by atoms with Crippen LogP contribution in [-0.4, -0.2) is 48.7 Å². The predicted octanol–water partition coefficient (Wildman–Crippen LogP) is 0.0601. The molecule has 0 aromatic heterocycles. The standard InChI is InChI=1S/C7H20N2O3Si/c1-9(8)6-5-7-13(10-2,11-3)12-4/h5-8H2,1-4H3. The highest BCUT2D eigenvalue weighted by Crippen LogP contribution is 2.14. The minimum atomic E-state index is -2.37. The molecule has 0 fully saturated rings. The van der Waals surface area contributed by atoms with Crippen molar-refractivity contribution in [2.45, 2.75) is 12.5 Å². The second kappa shape index (κ2) is 6.47. The van der Waals surface area contributed by atoms with E-state index >= 15 is 0 Å². The molecule has 5 nitrogen and oxygen atoms in total. The molecule has 0 aromatic carbocycles. The fourth-order valence-electron chi connectivity index (χ4n) is 1.10. The van der Waals surface area contributed by atoms with E-state index in [9.17, 15) is 0 Å². The van der Waals surface area contributed by atoms with Gasteiger partial charge in [0.1, 0.15) is 0 Å². The van der Waals surface area contributed by atoms with Crippen LogP contribution in [0, 0.1) is 0 Å². The molecule has 0 aliphatic carbocycles. The van der Waals surface area contributed by atoms with Crippen LogP contribution in [0.4, 0.5) is 0 Å².